The molecule has 4 heteroatoms. The Hall–Kier alpha value is -2.78. The van der Waals surface area contributed by atoms with Crippen LogP contribution in [0.25, 0.3) is 33.4 Å². The number of para-hydroxylation sites is 1. The highest BCUT2D eigenvalue weighted by Crippen LogP contribution is 2.29. The van der Waals surface area contributed by atoms with E-state index in [4.69, 9.17) is 11.6 Å². The van der Waals surface area contributed by atoms with E-state index >= 15 is 0 Å². The lowest BCUT2D eigenvalue weighted by atomic mass is 10.0. The minimum absolute atomic E-state index is 0.288. The predicted molar refractivity (Wildman–Crippen MR) is 95.4 cm³/mol. The van der Waals surface area contributed by atoms with Gasteiger partial charge < -0.3 is 0 Å². The van der Waals surface area contributed by atoms with E-state index < -0.39 is 0 Å². The maximum atomic E-state index is 14.6. The lowest BCUT2D eigenvalue weighted by Crippen LogP contribution is -1.94. The van der Waals surface area contributed by atoms with E-state index in [1.165, 1.54) is 6.07 Å². The van der Waals surface area contributed by atoms with Crippen LogP contribution in [-0.2, 0) is 0 Å². The van der Waals surface area contributed by atoms with Gasteiger partial charge in [-0.1, -0.05) is 60.1 Å². The molecule has 0 saturated heterocycles. The van der Waals surface area contributed by atoms with E-state index in [1.807, 2.05) is 60.7 Å². The molecule has 0 radical (unpaired) electrons. The standard InChI is InChI=1S/C20H12ClFN2/c21-19-16-8-4-5-9-18(16)23-20(24-19)15-11-10-14(12-17(15)22)13-6-2-1-3-7-13/h1-12H. The van der Waals surface area contributed by atoms with Crippen molar-refractivity contribution in [2.24, 2.45) is 0 Å². The molecule has 0 aliphatic heterocycles. The predicted octanol–water partition coefficient (Wildman–Crippen LogP) is 5.76. The molecule has 4 rings (SSSR count). The fourth-order valence-corrected chi connectivity index (χ4v) is 2.90. The second-order valence-corrected chi connectivity index (χ2v) is 5.77. The quantitative estimate of drug-likeness (QED) is 0.436. The molecule has 0 aliphatic carbocycles. The third-order valence-electron chi connectivity index (χ3n) is 3.87. The van der Waals surface area contributed by atoms with Crippen LogP contribution in [0, 0.1) is 5.82 Å². The Labute approximate surface area is 143 Å². The van der Waals surface area contributed by atoms with Gasteiger partial charge in [0.2, 0.25) is 0 Å². The first-order valence-corrected chi connectivity index (χ1v) is 7.88. The molecule has 0 bridgehead atoms. The number of hydrogen-bond acceptors (Lipinski definition) is 2. The Kier molecular flexibility index (Phi) is 3.71. The summed E-state index contributed by atoms with van der Waals surface area (Å²) in [6.07, 6.45) is 0. The van der Waals surface area contributed by atoms with Crippen molar-refractivity contribution in [3.05, 3.63) is 83.8 Å². The molecule has 4 aromatic rings. The van der Waals surface area contributed by atoms with Crippen LogP contribution in [0.4, 0.5) is 4.39 Å². The van der Waals surface area contributed by atoms with Crippen LogP contribution >= 0.6 is 11.6 Å². The van der Waals surface area contributed by atoms with Crippen molar-refractivity contribution >= 4 is 22.5 Å². The summed E-state index contributed by atoms with van der Waals surface area (Å²) < 4.78 is 14.6. The van der Waals surface area contributed by atoms with Gasteiger partial charge in [0.25, 0.3) is 0 Å². The van der Waals surface area contributed by atoms with E-state index in [-0.39, 0.29) is 11.6 Å². The Balaban J connectivity index is 1.83. The summed E-state index contributed by atoms with van der Waals surface area (Å²) in [6, 6.07) is 22.1. The average Bonchev–Trinajstić information content (AvgIpc) is 2.62. The van der Waals surface area contributed by atoms with Crippen molar-refractivity contribution in [2.45, 2.75) is 0 Å². The van der Waals surface area contributed by atoms with Gasteiger partial charge in [-0.05, 0) is 35.4 Å². The van der Waals surface area contributed by atoms with Crippen molar-refractivity contribution in [3.8, 4) is 22.5 Å². The van der Waals surface area contributed by atoms with Crippen molar-refractivity contribution in [1.82, 2.24) is 9.97 Å². The Morgan fingerprint density at radius 3 is 2.29 bits per heavy atom. The molecule has 0 amide bonds. The van der Waals surface area contributed by atoms with Crippen LogP contribution in [0.5, 0.6) is 0 Å². The zero-order valence-electron chi connectivity index (χ0n) is 12.6. The van der Waals surface area contributed by atoms with Gasteiger partial charge in [0.1, 0.15) is 11.0 Å². The normalized spacial score (nSPS) is 10.9. The Morgan fingerprint density at radius 2 is 1.50 bits per heavy atom. The topological polar surface area (TPSA) is 25.8 Å². The molecule has 2 nitrogen and oxygen atoms in total. The summed E-state index contributed by atoms with van der Waals surface area (Å²) >= 11 is 6.22. The first-order valence-electron chi connectivity index (χ1n) is 7.50. The second kappa shape index (κ2) is 6.02. The van der Waals surface area contributed by atoms with Gasteiger partial charge in [0.05, 0.1) is 11.1 Å². The summed E-state index contributed by atoms with van der Waals surface area (Å²) in [5.74, 6) is -0.0847. The lowest BCUT2D eigenvalue weighted by molar-refractivity contribution is 0.630. The second-order valence-electron chi connectivity index (χ2n) is 5.42. The van der Waals surface area contributed by atoms with E-state index in [2.05, 4.69) is 9.97 Å². The van der Waals surface area contributed by atoms with Crippen LogP contribution in [0.1, 0.15) is 0 Å². The molecule has 116 valence electrons. The lowest BCUT2D eigenvalue weighted by Gasteiger charge is -2.08. The molecule has 3 aromatic carbocycles. The van der Waals surface area contributed by atoms with Gasteiger partial charge in [-0.2, -0.15) is 0 Å². The van der Waals surface area contributed by atoms with Crippen LogP contribution in [0.2, 0.25) is 5.15 Å². The first-order chi connectivity index (χ1) is 11.7. The zero-order valence-corrected chi connectivity index (χ0v) is 13.3. The fourth-order valence-electron chi connectivity index (χ4n) is 2.66. The highest BCUT2D eigenvalue weighted by molar-refractivity contribution is 6.34. The van der Waals surface area contributed by atoms with Crippen molar-refractivity contribution in [2.75, 3.05) is 0 Å². The zero-order chi connectivity index (χ0) is 16.5. The SMILES string of the molecule is Fc1cc(-c2ccccc2)ccc1-c1nc(Cl)c2ccccc2n1. The number of halogens is 2. The minimum atomic E-state index is -0.372. The monoisotopic (exact) mass is 334 g/mol. The summed E-state index contributed by atoms with van der Waals surface area (Å²) in [7, 11) is 0. The summed E-state index contributed by atoms with van der Waals surface area (Å²) in [4.78, 5) is 8.68. The van der Waals surface area contributed by atoms with Crippen LogP contribution in [0.15, 0.2) is 72.8 Å². The van der Waals surface area contributed by atoms with E-state index in [9.17, 15) is 4.39 Å². The number of hydrogen-bond donors (Lipinski definition) is 0. The minimum Gasteiger partial charge on any atom is -0.228 e. The number of rotatable bonds is 2. The molecule has 0 saturated carbocycles. The van der Waals surface area contributed by atoms with Gasteiger partial charge >= 0.3 is 0 Å². The molecule has 0 aliphatic rings. The third-order valence-corrected chi connectivity index (χ3v) is 4.16. The van der Waals surface area contributed by atoms with E-state index in [0.717, 1.165) is 16.5 Å². The largest absolute Gasteiger partial charge is 0.228 e. The van der Waals surface area contributed by atoms with Crippen molar-refractivity contribution in [3.63, 3.8) is 0 Å². The Morgan fingerprint density at radius 1 is 0.750 bits per heavy atom. The van der Waals surface area contributed by atoms with Crippen LogP contribution in [-0.4, -0.2) is 9.97 Å². The molecular formula is C20H12ClFN2. The molecule has 0 N–H and O–H groups in total. The molecule has 0 fully saturated rings. The summed E-state index contributed by atoms with van der Waals surface area (Å²) in [6.45, 7) is 0. The summed E-state index contributed by atoms with van der Waals surface area (Å²) in [5, 5.41) is 1.08. The van der Waals surface area contributed by atoms with Gasteiger partial charge in [0, 0.05) is 5.39 Å². The molecule has 1 heterocycles. The molecule has 1 aromatic heterocycles. The number of fused-ring (bicyclic) bond motifs is 1. The number of aromatic nitrogens is 2. The maximum Gasteiger partial charge on any atom is 0.164 e. The Bertz CT molecular complexity index is 1030. The average molecular weight is 335 g/mol. The fraction of sp³-hybridized carbons (Fsp3) is 0. The van der Waals surface area contributed by atoms with Gasteiger partial charge in [-0.15, -0.1) is 0 Å². The smallest absolute Gasteiger partial charge is 0.164 e. The molecule has 24 heavy (non-hydrogen) atoms. The van der Waals surface area contributed by atoms with E-state index in [1.54, 1.807) is 6.07 Å². The molecule has 0 unspecified atom stereocenters. The maximum absolute atomic E-state index is 14.6. The highest BCUT2D eigenvalue weighted by atomic mass is 35.5. The number of nitrogens with zero attached hydrogens (tertiary/aromatic N) is 2. The first kappa shape index (κ1) is 14.8. The van der Waals surface area contributed by atoms with Gasteiger partial charge in [-0.25, -0.2) is 14.4 Å². The molecular weight excluding hydrogens is 323 g/mol. The van der Waals surface area contributed by atoms with Gasteiger partial charge in [-0.3, -0.25) is 0 Å². The van der Waals surface area contributed by atoms with Crippen molar-refractivity contribution < 1.29 is 4.39 Å². The van der Waals surface area contributed by atoms with Gasteiger partial charge in [0.15, 0.2) is 5.82 Å². The third kappa shape index (κ3) is 2.63. The van der Waals surface area contributed by atoms with Crippen molar-refractivity contribution in [1.29, 1.82) is 0 Å². The summed E-state index contributed by atoms with van der Waals surface area (Å²) in [5.41, 5.74) is 2.80. The molecule has 0 spiro atoms. The van der Waals surface area contributed by atoms with Crippen LogP contribution in [0.3, 0.4) is 0 Å². The van der Waals surface area contributed by atoms with Crippen LogP contribution < -0.4 is 0 Å². The highest BCUT2D eigenvalue weighted by Gasteiger charge is 2.12. The molecule has 0 atom stereocenters. The number of benzene rings is 3. The van der Waals surface area contributed by atoms with E-state index in [0.29, 0.717) is 16.2 Å².